The molecule has 0 radical (unpaired) electrons. The van der Waals surface area contributed by atoms with Gasteiger partial charge in [-0.25, -0.2) is 4.98 Å². The van der Waals surface area contributed by atoms with E-state index in [2.05, 4.69) is 31.2 Å². The van der Waals surface area contributed by atoms with Gasteiger partial charge in [0.05, 0.1) is 11.1 Å². The Hall–Kier alpha value is -3.19. The minimum absolute atomic E-state index is 0.0127. The number of benzene rings is 2. The maximum Gasteiger partial charge on any atom is 0.257 e. The molecule has 0 aliphatic carbocycles. The normalized spacial score (nSPS) is 10.8. The van der Waals surface area contributed by atoms with Gasteiger partial charge in [-0.1, -0.05) is 12.1 Å². The number of hydrogen-bond donors (Lipinski definition) is 2. The van der Waals surface area contributed by atoms with E-state index in [-0.39, 0.29) is 17.5 Å². The maximum atomic E-state index is 12.4. The highest BCUT2D eigenvalue weighted by atomic mass is 79.9. The summed E-state index contributed by atoms with van der Waals surface area (Å²) in [5, 5.41) is 12.9. The Balaban J connectivity index is 1.67. The fourth-order valence-electron chi connectivity index (χ4n) is 2.51. The van der Waals surface area contributed by atoms with Gasteiger partial charge in [0.1, 0.15) is 11.3 Å². The van der Waals surface area contributed by atoms with Crippen molar-refractivity contribution in [3.05, 3.63) is 71.0 Å². The van der Waals surface area contributed by atoms with Gasteiger partial charge in [-0.15, -0.1) is 0 Å². The minimum atomic E-state index is -0.312. The second-order valence-corrected chi connectivity index (χ2v) is 6.48. The Morgan fingerprint density at radius 3 is 2.77 bits per heavy atom. The quantitative estimate of drug-likeness (QED) is 0.482. The third-order valence-corrected chi connectivity index (χ3v) is 4.18. The van der Waals surface area contributed by atoms with Crippen molar-refractivity contribution in [1.82, 2.24) is 9.97 Å². The van der Waals surface area contributed by atoms with Gasteiger partial charge in [0.15, 0.2) is 5.58 Å². The Labute approximate surface area is 156 Å². The number of rotatable bonds is 3. The molecule has 0 unspecified atom stereocenters. The number of oxazole rings is 1. The highest BCUT2D eigenvalue weighted by molar-refractivity contribution is 9.10. The van der Waals surface area contributed by atoms with Crippen molar-refractivity contribution in [2.75, 3.05) is 5.32 Å². The van der Waals surface area contributed by atoms with Gasteiger partial charge in [0, 0.05) is 22.6 Å². The summed E-state index contributed by atoms with van der Waals surface area (Å²) in [7, 11) is 0. The third-order valence-electron chi connectivity index (χ3n) is 3.75. The number of nitrogens with one attached hydrogen (secondary N) is 1. The zero-order chi connectivity index (χ0) is 18.1. The second kappa shape index (κ2) is 6.61. The van der Waals surface area contributed by atoms with Crippen LogP contribution >= 0.6 is 15.9 Å². The average Bonchev–Trinajstić information content (AvgIpc) is 3.07. The summed E-state index contributed by atoms with van der Waals surface area (Å²) in [6.07, 6.45) is 3.07. The largest absolute Gasteiger partial charge is 0.507 e. The van der Waals surface area contributed by atoms with Crippen molar-refractivity contribution in [1.29, 1.82) is 0 Å². The standard InChI is InChI=1S/C19H12BrN3O3/c20-12-7-11(9-21-10-12)18(25)22-13-5-6-16(24)14(8-13)19-23-15-3-1-2-4-17(15)26-19/h1-10,24H,(H,22,25). The van der Waals surface area contributed by atoms with Crippen molar-refractivity contribution in [2.45, 2.75) is 0 Å². The molecule has 2 heterocycles. The van der Waals surface area contributed by atoms with Crippen molar-refractivity contribution in [3.63, 3.8) is 0 Å². The molecule has 0 spiro atoms. The third kappa shape index (κ3) is 3.16. The Kier molecular flexibility index (Phi) is 4.14. The maximum absolute atomic E-state index is 12.4. The SMILES string of the molecule is O=C(Nc1ccc(O)c(-c2nc3ccccc3o2)c1)c1cncc(Br)c1. The molecule has 2 aromatic heterocycles. The molecule has 0 fully saturated rings. The van der Waals surface area contributed by atoms with Crippen LogP contribution in [0.25, 0.3) is 22.6 Å². The number of anilines is 1. The van der Waals surface area contributed by atoms with Crippen LogP contribution in [0.1, 0.15) is 10.4 Å². The molecule has 0 aliphatic heterocycles. The van der Waals surface area contributed by atoms with E-state index in [0.29, 0.717) is 32.4 Å². The lowest BCUT2D eigenvalue weighted by Gasteiger charge is -2.08. The lowest BCUT2D eigenvalue weighted by molar-refractivity contribution is 0.102. The van der Waals surface area contributed by atoms with Crippen molar-refractivity contribution < 1.29 is 14.3 Å². The lowest BCUT2D eigenvalue weighted by atomic mass is 10.1. The van der Waals surface area contributed by atoms with Gasteiger partial charge >= 0.3 is 0 Å². The number of para-hydroxylation sites is 2. The van der Waals surface area contributed by atoms with E-state index in [1.54, 1.807) is 30.5 Å². The predicted octanol–water partition coefficient (Wildman–Crippen LogP) is 4.61. The Morgan fingerprint density at radius 2 is 1.96 bits per heavy atom. The summed E-state index contributed by atoms with van der Waals surface area (Å²) in [4.78, 5) is 20.7. The molecule has 4 rings (SSSR count). The first-order valence-electron chi connectivity index (χ1n) is 7.71. The number of aromatic hydroxyl groups is 1. The van der Waals surface area contributed by atoms with Crippen molar-refractivity contribution in [2.24, 2.45) is 0 Å². The van der Waals surface area contributed by atoms with Gasteiger partial charge in [-0.05, 0) is 52.3 Å². The smallest absolute Gasteiger partial charge is 0.257 e. The van der Waals surface area contributed by atoms with Crippen molar-refractivity contribution >= 4 is 38.6 Å². The van der Waals surface area contributed by atoms with Crippen LogP contribution in [0.3, 0.4) is 0 Å². The van der Waals surface area contributed by atoms with E-state index in [1.165, 1.54) is 12.3 Å². The predicted molar refractivity (Wildman–Crippen MR) is 101 cm³/mol. The summed E-state index contributed by atoms with van der Waals surface area (Å²) in [5.41, 5.74) is 2.63. The fraction of sp³-hybridized carbons (Fsp3) is 0. The van der Waals surface area contributed by atoms with Gasteiger partial charge in [-0.2, -0.15) is 0 Å². The van der Waals surface area contributed by atoms with Crippen LogP contribution in [0.5, 0.6) is 5.75 Å². The first-order chi connectivity index (χ1) is 12.6. The molecule has 6 nitrogen and oxygen atoms in total. The van der Waals surface area contributed by atoms with Crippen LogP contribution in [-0.2, 0) is 0 Å². The highest BCUT2D eigenvalue weighted by Gasteiger charge is 2.14. The van der Waals surface area contributed by atoms with Crippen LogP contribution in [0.4, 0.5) is 5.69 Å². The molecule has 128 valence electrons. The average molecular weight is 410 g/mol. The molecule has 0 saturated heterocycles. The summed E-state index contributed by atoms with van der Waals surface area (Å²) >= 11 is 3.29. The number of hydrogen-bond acceptors (Lipinski definition) is 5. The number of aromatic nitrogens is 2. The number of phenols is 1. The molecule has 1 amide bonds. The van der Waals surface area contributed by atoms with Gasteiger partial charge in [0.2, 0.25) is 5.89 Å². The van der Waals surface area contributed by atoms with Gasteiger partial charge in [-0.3, -0.25) is 9.78 Å². The Bertz CT molecular complexity index is 1090. The van der Waals surface area contributed by atoms with E-state index in [0.717, 1.165) is 0 Å². The molecule has 0 aliphatic rings. The first kappa shape index (κ1) is 16.3. The molecule has 2 aromatic carbocycles. The van der Waals surface area contributed by atoms with Gasteiger partial charge in [0.25, 0.3) is 5.91 Å². The number of pyridine rings is 1. The number of fused-ring (bicyclic) bond motifs is 1. The number of carbonyl (C=O) groups excluding carboxylic acids is 1. The minimum Gasteiger partial charge on any atom is -0.507 e. The van der Waals surface area contributed by atoms with E-state index in [4.69, 9.17) is 4.42 Å². The summed E-state index contributed by atoms with van der Waals surface area (Å²) < 4.78 is 6.41. The van der Waals surface area contributed by atoms with Crippen LogP contribution in [0.15, 0.2) is 69.8 Å². The lowest BCUT2D eigenvalue weighted by Crippen LogP contribution is -2.12. The molecule has 7 heteroatoms. The van der Waals surface area contributed by atoms with Crippen LogP contribution in [0, 0.1) is 0 Å². The van der Waals surface area contributed by atoms with E-state index < -0.39 is 0 Å². The number of halogens is 1. The number of carbonyl (C=O) groups is 1. The van der Waals surface area contributed by atoms with Crippen LogP contribution in [-0.4, -0.2) is 21.0 Å². The first-order valence-corrected chi connectivity index (χ1v) is 8.50. The summed E-state index contributed by atoms with van der Waals surface area (Å²) in [6.45, 7) is 0. The second-order valence-electron chi connectivity index (χ2n) is 5.56. The molecule has 0 saturated carbocycles. The molecule has 2 N–H and O–H groups in total. The molecule has 0 bridgehead atoms. The van der Waals surface area contributed by atoms with E-state index in [1.807, 2.05) is 18.2 Å². The summed E-state index contributed by atoms with van der Waals surface area (Å²) in [5.74, 6) is -0.0180. The molecular formula is C19H12BrN3O3. The molecule has 4 aromatic rings. The van der Waals surface area contributed by atoms with E-state index in [9.17, 15) is 9.90 Å². The van der Waals surface area contributed by atoms with Crippen LogP contribution in [0.2, 0.25) is 0 Å². The molecular weight excluding hydrogens is 398 g/mol. The number of nitrogens with zero attached hydrogens (tertiary/aromatic N) is 2. The van der Waals surface area contributed by atoms with E-state index >= 15 is 0 Å². The summed E-state index contributed by atoms with van der Waals surface area (Å²) in [6, 6.07) is 13.7. The number of amides is 1. The zero-order valence-electron chi connectivity index (χ0n) is 13.3. The van der Waals surface area contributed by atoms with Crippen molar-refractivity contribution in [3.8, 4) is 17.2 Å². The van der Waals surface area contributed by atoms with Gasteiger partial charge < -0.3 is 14.8 Å². The Morgan fingerprint density at radius 1 is 1.12 bits per heavy atom. The number of phenolic OH excluding ortho intramolecular Hbond substituents is 1. The highest BCUT2D eigenvalue weighted by Crippen LogP contribution is 2.33. The zero-order valence-corrected chi connectivity index (χ0v) is 14.9. The topological polar surface area (TPSA) is 88.2 Å². The van der Waals surface area contributed by atoms with Crippen LogP contribution < -0.4 is 5.32 Å². The molecule has 0 atom stereocenters. The monoisotopic (exact) mass is 409 g/mol. The fourth-order valence-corrected chi connectivity index (χ4v) is 2.88. The molecule has 26 heavy (non-hydrogen) atoms.